The van der Waals surface area contributed by atoms with Crippen molar-refractivity contribution in [3.05, 3.63) is 87.8 Å². The Morgan fingerprint density at radius 2 is 1.77 bits per heavy atom. The van der Waals surface area contributed by atoms with Crippen LogP contribution in [0.1, 0.15) is 22.3 Å². The molecule has 0 radical (unpaired) electrons. The van der Waals surface area contributed by atoms with E-state index < -0.39 is 0 Å². The number of aryl methyl sites for hydroxylation is 3. The second-order valence-corrected chi connectivity index (χ2v) is 10.0. The molecule has 0 unspecified atom stereocenters. The fraction of sp³-hybridized carbons (Fsp3) is 0.233. The van der Waals surface area contributed by atoms with Crippen LogP contribution in [0.4, 0.5) is 10.5 Å². The number of hydrogen-bond acceptors (Lipinski definition) is 7. The molecule has 202 valence electrons. The Bertz CT molecular complexity index is 1430. The summed E-state index contributed by atoms with van der Waals surface area (Å²) >= 11 is 0.878. The molecule has 0 aromatic heterocycles. The van der Waals surface area contributed by atoms with Gasteiger partial charge in [0.1, 0.15) is 12.4 Å². The van der Waals surface area contributed by atoms with E-state index in [4.69, 9.17) is 14.2 Å². The molecule has 1 fully saturated rings. The maximum Gasteiger partial charge on any atom is 0.293 e. The van der Waals surface area contributed by atoms with Crippen molar-refractivity contribution in [2.24, 2.45) is 0 Å². The minimum atomic E-state index is -0.375. The molecule has 0 atom stereocenters. The monoisotopic (exact) mass is 546 g/mol. The Labute approximate surface area is 231 Å². The zero-order valence-electron chi connectivity index (χ0n) is 22.3. The van der Waals surface area contributed by atoms with Gasteiger partial charge in [0.2, 0.25) is 0 Å². The third-order valence-electron chi connectivity index (χ3n) is 6.08. The number of rotatable bonds is 10. The van der Waals surface area contributed by atoms with Gasteiger partial charge in [0.25, 0.3) is 17.1 Å². The van der Waals surface area contributed by atoms with E-state index in [0.29, 0.717) is 33.4 Å². The zero-order chi connectivity index (χ0) is 27.9. The molecule has 1 aliphatic heterocycles. The van der Waals surface area contributed by atoms with Crippen LogP contribution in [0.15, 0.2) is 65.6 Å². The highest BCUT2D eigenvalue weighted by atomic mass is 32.2. The second-order valence-electron chi connectivity index (χ2n) is 9.04. The van der Waals surface area contributed by atoms with Gasteiger partial charge >= 0.3 is 0 Å². The Kier molecular flexibility index (Phi) is 8.93. The molecule has 9 heteroatoms. The number of nitrogens with one attached hydrogen (secondary N) is 1. The molecule has 0 spiro atoms. The molecule has 0 aliphatic carbocycles. The molecule has 1 saturated heterocycles. The summed E-state index contributed by atoms with van der Waals surface area (Å²) in [5.41, 5.74) is 4.64. The Morgan fingerprint density at radius 3 is 2.51 bits per heavy atom. The van der Waals surface area contributed by atoms with Crippen LogP contribution in [0.25, 0.3) is 6.08 Å². The summed E-state index contributed by atoms with van der Waals surface area (Å²) in [7, 11) is 1.49. The Hall–Kier alpha value is -4.24. The molecule has 39 heavy (non-hydrogen) atoms. The number of carbonyl (C=O) groups excluding carboxylic acids is 3. The van der Waals surface area contributed by atoms with Crippen LogP contribution in [0, 0.1) is 20.8 Å². The van der Waals surface area contributed by atoms with E-state index in [9.17, 15) is 14.4 Å². The lowest BCUT2D eigenvalue weighted by Crippen LogP contribution is -2.32. The van der Waals surface area contributed by atoms with E-state index in [1.54, 1.807) is 24.3 Å². The van der Waals surface area contributed by atoms with Gasteiger partial charge in [-0.1, -0.05) is 24.3 Å². The highest BCUT2D eigenvalue weighted by Gasteiger charge is 2.34. The van der Waals surface area contributed by atoms with E-state index in [1.807, 2.05) is 63.2 Å². The third-order valence-corrected chi connectivity index (χ3v) is 6.99. The van der Waals surface area contributed by atoms with Crippen molar-refractivity contribution in [1.82, 2.24) is 4.90 Å². The summed E-state index contributed by atoms with van der Waals surface area (Å²) in [5, 5.41) is 2.47. The van der Waals surface area contributed by atoms with Crippen molar-refractivity contribution in [2.45, 2.75) is 20.8 Å². The first-order valence-corrected chi connectivity index (χ1v) is 13.2. The van der Waals surface area contributed by atoms with Gasteiger partial charge in [-0.25, -0.2) is 0 Å². The van der Waals surface area contributed by atoms with Crippen molar-refractivity contribution in [1.29, 1.82) is 0 Å². The number of amides is 3. The third kappa shape index (κ3) is 7.20. The van der Waals surface area contributed by atoms with Crippen LogP contribution in [0.3, 0.4) is 0 Å². The number of hydrogen-bond donors (Lipinski definition) is 1. The fourth-order valence-corrected chi connectivity index (χ4v) is 4.72. The van der Waals surface area contributed by atoms with Crippen molar-refractivity contribution in [3.63, 3.8) is 0 Å². The lowest BCUT2D eigenvalue weighted by Gasteiger charge is -2.13. The van der Waals surface area contributed by atoms with Gasteiger partial charge in [0.05, 0.1) is 18.6 Å². The lowest BCUT2D eigenvalue weighted by molar-refractivity contribution is -0.123. The van der Waals surface area contributed by atoms with Gasteiger partial charge in [-0.2, -0.15) is 0 Å². The molecular weight excluding hydrogens is 516 g/mol. The van der Waals surface area contributed by atoms with Crippen molar-refractivity contribution in [3.8, 4) is 17.2 Å². The number of thioether (sulfide) groups is 1. The van der Waals surface area contributed by atoms with E-state index >= 15 is 0 Å². The van der Waals surface area contributed by atoms with Crippen molar-refractivity contribution < 1.29 is 28.6 Å². The molecule has 4 rings (SSSR count). The smallest absolute Gasteiger partial charge is 0.293 e. The minimum absolute atomic E-state index is 0.149. The highest BCUT2D eigenvalue weighted by molar-refractivity contribution is 8.18. The number of methoxy groups -OCH3 is 1. The molecule has 1 aliphatic rings. The molecule has 0 saturated carbocycles. The summed E-state index contributed by atoms with van der Waals surface area (Å²) < 4.78 is 16.8. The molecule has 1 heterocycles. The maximum atomic E-state index is 12.9. The molecule has 3 aromatic rings. The minimum Gasteiger partial charge on any atom is -0.493 e. The van der Waals surface area contributed by atoms with Crippen molar-refractivity contribution >= 4 is 40.6 Å². The molecule has 8 nitrogen and oxygen atoms in total. The first kappa shape index (κ1) is 27.8. The zero-order valence-corrected chi connectivity index (χ0v) is 23.1. The van der Waals surface area contributed by atoms with E-state index in [0.717, 1.165) is 28.5 Å². The van der Waals surface area contributed by atoms with Crippen LogP contribution < -0.4 is 19.5 Å². The van der Waals surface area contributed by atoms with E-state index in [1.165, 1.54) is 12.0 Å². The molecule has 3 amide bonds. The average Bonchev–Trinajstić information content (AvgIpc) is 3.17. The van der Waals surface area contributed by atoms with Gasteiger partial charge in [-0.3, -0.25) is 19.3 Å². The molecule has 0 bridgehead atoms. The maximum absolute atomic E-state index is 12.9. The number of imide groups is 1. The summed E-state index contributed by atoms with van der Waals surface area (Å²) in [5.74, 6) is 0.791. The van der Waals surface area contributed by atoms with Crippen LogP contribution in [0.2, 0.25) is 0 Å². The summed E-state index contributed by atoms with van der Waals surface area (Å²) in [6.07, 6.45) is 1.63. The van der Waals surface area contributed by atoms with Gasteiger partial charge < -0.3 is 19.5 Å². The molecule has 3 aromatic carbocycles. The van der Waals surface area contributed by atoms with Crippen LogP contribution in [-0.2, 0) is 9.59 Å². The average molecular weight is 547 g/mol. The highest BCUT2D eigenvalue weighted by Crippen LogP contribution is 2.34. The van der Waals surface area contributed by atoms with E-state index in [-0.39, 0.29) is 36.8 Å². The summed E-state index contributed by atoms with van der Waals surface area (Å²) in [6.45, 7) is 6.10. The van der Waals surface area contributed by atoms with Crippen molar-refractivity contribution in [2.75, 3.05) is 32.2 Å². The van der Waals surface area contributed by atoms with E-state index in [2.05, 4.69) is 5.32 Å². The lowest BCUT2D eigenvalue weighted by atomic mass is 10.1. The van der Waals surface area contributed by atoms with Crippen LogP contribution >= 0.6 is 11.8 Å². The predicted molar refractivity (Wildman–Crippen MR) is 152 cm³/mol. The first-order chi connectivity index (χ1) is 18.7. The topological polar surface area (TPSA) is 94.2 Å². The fourth-order valence-electron chi connectivity index (χ4n) is 3.86. The second kappa shape index (κ2) is 12.5. The quantitative estimate of drug-likeness (QED) is 0.324. The first-order valence-electron chi connectivity index (χ1n) is 12.4. The number of benzene rings is 3. The van der Waals surface area contributed by atoms with Gasteiger partial charge in [0, 0.05) is 5.69 Å². The normalized spacial score (nSPS) is 14.1. The summed E-state index contributed by atoms with van der Waals surface area (Å²) in [4.78, 5) is 39.2. The van der Waals surface area contributed by atoms with Crippen LogP contribution in [-0.4, -0.2) is 48.8 Å². The van der Waals surface area contributed by atoms with Crippen LogP contribution in [0.5, 0.6) is 17.2 Å². The number of anilines is 1. The number of carbonyl (C=O) groups is 3. The summed E-state index contributed by atoms with van der Waals surface area (Å²) in [6, 6.07) is 18.3. The largest absolute Gasteiger partial charge is 0.493 e. The number of nitrogens with zero attached hydrogens (tertiary/aromatic N) is 1. The SMILES string of the molecule is COc1cc(/C=C2\SC(=O)N(CCOc3cccc(C)c3)C2=O)ccc1OCC(=O)Nc1ccc(C)c(C)c1. The standard InChI is InChI=1S/C30H30N2O6S/c1-19-6-5-7-24(14-19)37-13-12-32-29(34)27(39-30(32)35)17-22-9-11-25(26(16-22)36-4)38-18-28(33)31-23-10-8-20(2)21(3)15-23/h5-11,14-17H,12-13,18H2,1-4H3,(H,31,33)/b27-17-. The predicted octanol–water partition coefficient (Wildman–Crippen LogP) is 5.75. The van der Waals surface area contributed by atoms with Gasteiger partial charge in [-0.05, 0) is 97.3 Å². The number of ether oxygens (including phenoxy) is 3. The Balaban J connectivity index is 1.35. The Morgan fingerprint density at radius 1 is 0.949 bits per heavy atom. The molecule has 1 N–H and O–H groups in total. The van der Waals surface area contributed by atoms with Gasteiger partial charge in [0.15, 0.2) is 18.1 Å². The van der Waals surface area contributed by atoms with Gasteiger partial charge in [-0.15, -0.1) is 0 Å². The molecular formula is C30H30N2O6S.